The SMILES string of the molecule is CCN(CC)CCC(CO)NC(=O)OCc1ccccc1. The molecule has 0 radical (unpaired) electrons. The molecule has 0 saturated carbocycles. The first kappa shape index (κ1) is 17.5. The summed E-state index contributed by atoms with van der Waals surface area (Å²) in [6.07, 6.45) is 0.218. The van der Waals surface area contributed by atoms with Crippen LogP contribution in [-0.2, 0) is 11.3 Å². The van der Waals surface area contributed by atoms with Crippen molar-refractivity contribution in [1.82, 2.24) is 10.2 Å². The number of hydrogen-bond donors (Lipinski definition) is 2. The number of carbonyl (C=O) groups excluding carboxylic acids is 1. The molecular formula is C16H26N2O3. The number of ether oxygens (including phenoxy) is 1. The van der Waals surface area contributed by atoms with Gasteiger partial charge in [0.25, 0.3) is 0 Å². The number of aliphatic hydroxyl groups excluding tert-OH is 1. The molecular weight excluding hydrogens is 268 g/mol. The van der Waals surface area contributed by atoms with Gasteiger partial charge in [0.1, 0.15) is 6.61 Å². The van der Waals surface area contributed by atoms with Gasteiger partial charge in [-0.2, -0.15) is 0 Å². The van der Waals surface area contributed by atoms with Gasteiger partial charge in [-0.05, 0) is 25.1 Å². The number of nitrogens with zero attached hydrogens (tertiary/aromatic N) is 1. The normalized spacial score (nSPS) is 12.2. The Labute approximate surface area is 126 Å². The molecule has 118 valence electrons. The van der Waals surface area contributed by atoms with Crippen LogP contribution in [0.5, 0.6) is 0 Å². The van der Waals surface area contributed by atoms with Gasteiger partial charge < -0.3 is 20.1 Å². The Hall–Kier alpha value is -1.59. The minimum Gasteiger partial charge on any atom is -0.445 e. The highest BCUT2D eigenvalue weighted by atomic mass is 16.5. The second-order valence-corrected chi connectivity index (χ2v) is 4.90. The van der Waals surface area contributed by atoms with Crippen molar-refractivity contribution in [2.75, 3.05) is 26.2 Å². The van der Waals surface area contributed by atoms with Gasteiger partial charge in [0.2, 0.25) is 0 Å². The van der Waals surface area contributed by atoms with E-state index in [1.54, 1.807) is 0 Å². The van der Waals surface area contributed by atoms with Crippen molar-refractivity contribution >= 4 is 6.09 Å². The van der Waals surface area contributed by atoms with E-state index in [0.29, 0.717) is 6.42 Å². The Morgan fingerprint density at radius 2 is 1.95 bits per heavy atom. The third-order valence-electron chi connectivity index (χ3n) is 3.44. The summed E-state index contributed by atoms with van der Waals surface area (Å²) >= 11 is 0. The topological polar surface area (TPSA) is 61.8 Å². The van der Waals surface area contributed by atoms with Gasteiger partial charge >= 0.3 is 6.09 Å². The van der Waals surface area contributed by atoms with E-state index in [4.69, 9.17) is 4.74 Å². The molecule has 0 aliphatic rings. The molecule has 1 atom stereocenters. The summed E-state index contributed by atoms with van der Waals surface area (Å²) in [4.78, 5) is 14.0. The fraction of sp³-hybridized carbons (Fsp3) is 0.562. The lowest BCUT2D eigenvalue weighted by atomic mass is 10.2. The standard InChI is InChI=1S/C16H26N2O3/c1-3-18(4-2)11-10-15(12-19)17-16(20)21-13-14-8-6-5-7-9-14/h5-9,15,19H,3-4,10-13H2,1-2H3,(H,17,20). The van der Waals surface area contributed by atoms with Gasteiger partial charge in [-0.3, -0.25) is 0 Å². The molecule has 1 rings (SSSR count). The predicted molar refractivity (Wildman–Crippen MR) is 83.0 cm³/mol. The van der Waals surface area contributed by atoms with Gasteiger partial charge in [-0.25, -0.2) is 4.79 Å². The van der Waals surface area contributed by atoms with Crippen LogP contribution < -0.4 is 5.32 Å². The van der Waals surface area contributed by atoms with E-state index in [0.717, 1.165) is 25.2 Å². The largest absolute Gasteiger partial charge is 0.445 e. The van der Waals surface area contributed by atoms with Crippen molar-refractivity contribution in [2.24, 2.45) is 0 Å². The van der Waals surface area contributed by atoms with Gasteiger partial charge in [0.05, 0.1) is 12.6 Å². The summed E-state index contributed by atoms with van der Waals surface area (Å²) in [7, 11) is 0. The Bertz CT molecular complexity index is 394. The van der Waals surface area contributed by atoms with E-state index in [9.17, 15) is 9.90 Å². The molecule has 5 nitrogen and oxygen atoms in total. The van der Waals surface area contributed by atoms with Crippen LogP contribution in [0.1, 0.15) is 25.8 Å². The number of nitrogens with one attached hydrogen (secondary N) is 1. The molecule has 0 spiro atoms. The zero-order valence-corrected chi connectivity index (χ0v) is 12.9. The second kappa shape index (κ2) is 10.2. The smallest absolute Gasteiger partial charge is 0.407 e. The molecule has 2 N–H and O–H groups in total. The number of carbonyl (C=O) groups is 1. The summed E-state index contributed by atoms with van der Waals surface area (Å²) < 4.78 is 5.15. The van der Waals surface area contributed by atoms with E-state index >= 15 is 0 Å². The molecule has 0 bridgehead atoms. The highest BCUT2D eigenvalue weighted by Gasteiger charge is 2.13. The van der Waals surface area contributed by atoms with Crippen LogP contribution >= 0.6 is 0 Å². The number of rotatable bonds is 9. The number of alkyl carbamates (subject to hydrolysis) is 1. The lowest BCUT2D eigenvalue weighted by Crippen LogP contribution is -2.40. The summed E-state index contributed by atoms with van der Waals surface area (Å²) in [5.74, 6) is 0. The quantitative estimate of drug-likeness (QED) is 0.731. The minimum absolute atomic E-state index is 0.0816. The Balaban J connectivity index is 2.30. The number of benzene rings is 1. The lowest BCUT2D eigenvalue weighted by Gasteiger charge is -2.22. The summed E-state index contributed by atoms with van der Waals surface area (Å²) in [5, 5.41) is 12.0. The van der Waals surface area contributed by atoms with Gasteiger partial charge in [-0.15, -0.1) is 0 Å². The summed E-state index contributed by atoms with van der Waals surface area (Å²) in [6.45, 7) is 7.12. The third kappa shape index (κ3) is 7.11. The molecule has 0 saturated heterocycles. The first-order valence-corrected chi connectivity index (χ1v) is 7.50. The average molecular weight is 294 g/mol. The molecule has 0 aromatic heterocycles. The maximum Gasteiger partial charge on any atom is 0.407 e. The predicted octanol–water partition coefficient (Wildman–Crippen LogP) is 2.01. The first-order chi connectivity index (χ1) is 10.2. The van der Waals surface area contributed by atoms with E-state index in [2.05, 4.69) is 24.1 Å². The molecule has 0 aliphatic heterocycles. The molecule has 1 aromatic carbocycles. The molecule has 1 unspecified atom stereocenters. The number of amides is 1. The number of aliphatic hydroxyl groups is 1. The molecule has 1 amide bonds. The molecule has 0 fully saturated rings. The third-order valence-corrected chi connectivity index (χ3v) is 3.44. The van der Waals surface area contributed by atoms with Crippen LogP contribution in [0, 0.1) is 0 Å². The summed E-state index contributed by atoms with van der Waals surface area (Å²) in [6, 6.07) is 9.25. The highest BCUT2D eigenvalue weighted by molar-refractivity contribution is 5.67. The molecule has 5 heteroatoms. The van der Waals surface area contributed by atoms with Crippen LogP contribution in [-0.4, -0.2) is 48.4 Å². The van der Waals surface area contributed by atoms with Crippen molar-refractivity contribution in [2.45, 2.75) is 32.9 Å². The lowest BCUT2D eigenvalue weighted by molar-refractivity contribution is 0.126. The van der Waals surface area contributed by atoms with Crippen molar-refractivity contribution in [1.29, 1.82) is 0 Å². The van der Waals surface area contributed by atoms with E-state index in [1.165, 1.54) is 0 Å². The molecule has 0 aliphatic carbocycles. The monoisotopic (exact) mass is 294 g/mol. The van der Waals surface area contributed by atoms with Crippen LogP contribution in [0.3, 0.4) is 0 Å². The number of hydrogen-bond acceptors (Lipinski definition) is 4. The van der Waals surface area contributed by atoms with Crippen LogP contribution in [0.25, 0.3) is 0 Å². The van der Waals surface area contributed by atoms with Crippen molar-refractivity contribution in [3.8, 4) is 0 Å². The average Bonchev–Trinajstić information content (AvgIpc) is 2.53. The van der Waals surface area contributed by atoms with Gasteiger partial charge in [-0.1, -0.05) is 44.2 Å². The Morgan fingerprint density at radius 3 is 2.52 bits per heavy atom. The Morgan fingerprint density at radius 1 is 1.29 bits per heavy atom. The van der Waals surface area contributed by atoms with E-state index in [1.807, 2.05) is 30.3 Å². The molecule has 1 aromatic rings. The van der Waals surface area contributed by atoms with E-state index in [-0.39, 0.29) is 19.3 Å². The minimum atomic E-state index is -0.488. The fourth-order valence-corrected chi connectivity index (χ4v) is 2.02. The van der Waals surface area contributed by atoms with Gasteiger partial charge in [0.15, 0.2) is 0 Å². The van der Waals surface area contributed by atoms with E-state index < -0.39 is 6.09 Å². The molecule has 0 heterocycles. The van der Waals surface area contributed by atoms with Crippen molar-refractivity contribution in [3.63, 3.8) is 0 Å². The fourth-order valence-electron chi connectivity index (χ4n) is 2.02. The zero-order valence-electron chi connectivity index (χ0n) is 12.9. The molecule has 21 heavy (non-hydrogen) atoms. The second-order valence-electron chi connectivity index (χ2n) is 4.90. The van der Waals surface area contributed by atoms with Crippen LogP contribution in [0.4, 0.5) is 4.79 Å². The van der Waals surface area contributed by atoms with Crippen LogP contribution in [0.2, 0.25) is 0 Å². The van der Waals surface area contributed by atoms with Crippen LogP contribution in [0.15, 0.2) is 30.3 Å². The maximum absolute atomic E-state index is 11.7. The van der Waals surface area contributed by atoms with Crippen molar-refractivity contribution < 1.29 is 14.6 Å². The first-order valence-electron chi connectivity index (χ1n) is 7.50. The maximum atomic E-state index is 11.7. The Kier molecular flexibility index (Phi) is 8.47. The zero-order chi connectivity index (χ0) is 15.5. The highest BCUT2D eigenvalue weighted by Crippen LogP contribution is 2.02. The summed E-state index contributed by atoms with van der Waals surface area (Å²) in [5.41, 5.74) is 0.941. The van der Waals surface area contributed by atoms with Crippen molar-refractivity contribution in [3.05, 3.63) is 35.9 Å². The van der Waals surface area contributed by atoms with Gasteiger partial charge in [0, 0.05) is 6.54 Å².